The van der Waals surface area contributed by atoms with E-state index in [1.165, 1.54) is 10.8 Å². The zero-order valence-corrected chi connectivity index (χ0v) is 30.3. The van der Waals surface area contributed by atoms with Crippen molar-refractivity contribution in [1.82, 2.24) is 9.55 Å². The number of rotatable bonds is 9. The Bertz CT molecular complexity index is 1830. The van der Waals surface area contributed by atoms with Gasteiger partial charge in [-0.1, -0.05) is 159 Å². The molecule has 0 saturated heterocycles. The predicted octanol–water partition coefficient (Wildman–Crippen LogP) is 11.3. The lowest BCUT2D eigenvalue weighted by Crippen LogP contribution is -2.49. The molecule has 0 aliphatic heterocycles. The zero-order chi connectivity index (χ0) is 32.6. The molecule has 5 aromatic carbocycles. The van der Waals surface area contributed by atoms with Crippen molar-refractivity contribution in [2.24, 2.45) is 0 Å². The first kappa shape index (κ1) is 32.2. The molecule has 0 spiro atoms. The van der Waals surface area contributed by atoms with Gasteiger partial charge in [-0.05, 0) is 69.7 Å². The molecule has 3 nitrogen and oxygen atoms in total. The highest BCUT2D eigenvalue weighted by molar-refractivity contribution is 9.10. The van der Waals surface area contributed by atoms with Crippen molar-refractivity contribution in [1.29, 1.82) is 0 Å². The molecular weight excluding hydrogens is 644 g/mol. The maximum Gasteiger partial charge on any atom is 0.193 e. The largest absolute Gasteiger partial charge is 0.402 e. The molecule has 0 aliphatic rings. The first-order valence-electron chi connectivity index (χ1n) is 16.1. The van der Waals surface area contributed by atoms with Gasteiger partial charge in [-0.3, -0.25) is 0 Å². The molecule has 1 aromatic heterocycles. The number of hydrogen-bond donors (Lipinski definition) is 0. The highest BCUT2D eigenvalue weighted by Crippen LogP contribution is 2.49. The van der Waals surface area contributed by atoms with Crippen LogP contribution in [0.2, 0.25) is 18.1 Å². The second-order valence-corrected chi connectivity index (χ2v) is 19.3. The molecular formula is C41H43BrN2OSi. The molecule has 0 aliphatic carbocycles. The molecule has 0 N–H and O–H groups in total. The van der Waals surface area contributed by atoms with Crippen LogP contribution in [0.15, 0.2) is 144 Å². The molecule has 1 unspecified atom stereocenters. The Morgan fingerprint density at radius 3 is 1.76 bits per heavy atom. The van der Waals surface area contributed by atoms with E-state index in [1.54, 1.807) is 0 Å². The van der Waals surface area contributed by atoms with Gasteiger partial charge in [-0.25, -0.2) is 4.98 Å². The van der Waals surface area contributed by atoms with Crippen molar-refractivity contribution < 1.29 is 4.43 Å². The van der Waals surface area contributed by atoms with Crippen LogP contribution in [0.25, 0.3) is 10.8 Å². The van der Waals surface area contributed by atoms with Crippen molar-refractivity contribution in [2.45, 2.75) is 63.4 Å². The summed E-state index contributed by atoms with van der Waals surface area (Å²) in [6, 6.07) is 45.4. The summed E-state index contributed by atoms with van der Waals surface area (Å²) < 4.78 is 11.0. The number of benzene rings is 5. The molecule has 0 saturated carbocycles. The van der Waals surface area contributed by atoms with Gasteiger partial charge in [0.25, 0.3) is 0 Å². The second kappa shape index (κ2) is 12.4. The lowest BCUT2D eigenvalue weighted by atomic mass is 9.76. The fourth-order valence-corrected chi connectivity index (χ4v) is 8.47. The minimum atomic E-state index is -2.32. The summed E-state index contributed by atoms with van der Waals surface area (Å²) in [4.78, 5) is 5.32. The minimum absolute atomic E-state index is 0.00300. The van der Waals surface area contributed by atoms with Crippen LogP contribution in [-0.2, 0) is 15.6 Å². The quantitative estimate of drug-likeness (QED) is 0.112. The molecule has 0 fully saturated rings. The fraction of sp³-hybridized carbons (Fsp3) is 0.244. The smallest absolute Gasteiger partial charge is 0.193 e. The molecule has 46 heavy (non-hydrogen) atoms. The van der Waals surface area contributed by atoms with Crippen LogP contribution in [-0.4, -0.2) is 17.9 Å². The highest BCUT2D eigenvalue weighted by atomic mass is 79.9. The van der Waals surface area contributed by atoms with Gasteiger partial charge < -0.3 is 8.99 Å². The predicted molar refractivity (Wildman–Crippen MR) is 198 cm³/mol. The van der Waals surface area contributed by atoms with Gasteiger partial charge >= 0.3 is 0 Å². The molecule has 5 heteroatoms. The van der Waals surface area contributed by atoms with Gasteiger partial charge in [-0.15, -0.1) is 0 Å². The van der Waals surface area contributed by atoms with Crippen molar-refractivity contribution >= 4 is 35.0 Å². The lowest BCUT2D eigenvalue weighted by Gasteiger charge is -2.45. The summed E-state index contributed by atoms with van der Waals surface area (Å²) in [6.07, 6.45) is 5.00. The maximum absolute atomic E-state index is 7.65. The third-order valence-corrected chi connectivity index (χ3v) is 14.9. The van der Waals surface area contributed by atoms with Crippen LogP contribution in [0, 0.1) is 0 Å². The zero-order valence-electron chi connectivity index (χ0n) is 27.7. The lowest BCUT2D eigenvalue weighted by molar-refractivity contribution is 0.0853. The van der Waals surface area contributed by atoms with Crippen molar-refractivity contribution in [3.05, 3.63) is 172 Å². The van der Waals surface area contributed by atoms with E-state index in [2.05, 4.69) is 195 Å². The first-order valence-corrected chi connectivity index (χ1v) is 19.8. The SMILES string of the molecule is CCC(O[Si](C)(C)C(C)(C)C)(c1cn(C(c2ccccc2)(c2ccccc2)c2ccccc2)cn1)c1cccc2ccc(Br)cc12. The second-order valence-electron chi connectivity index (χ2n) is 13.7. The van der Waals surface area contributed by atoms with E-state index in [4.69, 9.17) is 9.41 Å². The molecule has 0 amide bonds. The molecule has 0 bridgehead atoms. The van der Waals surface area contributed by atoms with Crippen LogP contribution in [0.3, 0.4) is 0 Å². The Balaban J connectivity index is 1.68. The van der Waals surface area contributed by atoms with Gasteiger partial charge in [0.05, 0.1) is 12.0 Å². The van der Waals surface area contributed by atoms with Crippen molar-refractivity contribution in [3.63, 3.8) is 0 Å². The average Bonchev–Trinajstić information content (AvgIpc) is 3.56. The highest BCUT2D eigenvalue weighted by Gasteiger charge is 2.48. The number of halogens is 1. The molecule has 6 rings (SSSR count). The van der Waals surface area contributed by atoms with Crippen LogP contribution < -0.4 is 0 Å². The van der Waals surface area contributed by atoms with E-state index in [1.807, 2.05) is 6.33 Å². The summed E-state index contributed by atoms with van der Waals surface area (Å²) in [7, 11) is -2.32. The Kier molecular flexibility index (Phi) is 8.70. The van der Waals surface area contributed by atoms with E-state index in [0.717, 1.165) is 38.8 Å². The Morgan fingerprint density at radius 1 is 0.717 bits per heavy atom. The minimum Gasteiger partial charge on any atom is -0.402 e. The van der Waals surface area contributed by atoms with E-state index in [-0.39, 0.29) is 5.04 Å². The molecule has 1 atom stereocenters. The summed E-state index contributed by atoms with van der Waals surface area (Å²) in [5.74, 6) is 0. The summed E-state index contributed by atoms with van der Waals surface area (Å²) in [6.45, 7) is 13.9. The number of nitrogens with zero attached hydrogens (tertiary/aromatic N) is 2. The molecule has 1 heterocycles. The number of fused-ring (bicyclic) bond motifs is 1. The van der Waals surface area contributed by atoms with Crippen molar-refractivity contribution in [2.75, 3.05) is 0 Å². The van der Waals surface area contributed by atoms with Gasteiger partial charge in [0.2, 0.25) is 0 Å². The van der Waals surface area contributed by atoms with Crippen LogP contribution in [0.5, 0.6) is 0 Å². The summed E-state index contributed by atoms with van der Waals surface area (Å²) >= 11 is 3.76. The number of imidazole rings is 1. The van der Waals surface area contributed by atoms with E-state index < -0.39 is 19.5 Å². The van der Waals surface area contributed by atoms with E-state index in [9.17, 15) is 0 Å². The third kappa shape index (κ3) is 5.49. The summed E-state index contributed by atoms with van der Waals surface area (Å²) in [5, 5.41) is 2.36. The first-order chi connectivity index (χ1) is 22.0. The summed E-state index contributed by atoms with van der Waals surface area (Å²) in [5.41, 5.74) is 4.12. The number of aromatic nitrogens is 2. The third-order valence-electron chi connectivity index (χ3n) is 9.97. The van der Waals surface area contributed by atoms with Crippen LogP contribution in [0.4, 0.5) is 0 Å². The molecule has 234 valence electrons. The maximum atomic E-state index is 7.65. The van der Waals surface area contributed by atoms with Gasteiger partial charge in [0, 0.05) is 10.7 Å². The number of hydrogen-bond acceptors (Lipinski definition) is 2. The van der Waals surface area contributed by atoms with Crippen LogP contribution >= 0.6 is 15.9 Å². The monoisotopic (exact) mass is 686 g/mol. The Labute approximate surface area is 283 Å². The average molecular weight is 688 g/mol. The van der Waals surface area contributed by atoms with Crippen LogP contribution in [0.1, 0.15) is 62.1 Å². The fourth-order valence-electron chi connectivity index (χ4n) is 6.57. The van der Waals surface area contributed by atoms with Gasteiger partial charge in [0.1, 0.15) is 11.1 Å². The standard InChI is InChI=1S/C41H43BrN2OSi/c1-7-40(45-46(5,6)39(2,3)4,37-25-17-18-31-26-27-35(42)28-36(31)37)38-29-44(30-43-38)41(32-19-11-8-12-20-32,33-21-13-9-14-22-33)34-23-15-10-16-24-34/h8-30H,7H2,1-6H3. The Morgan fingerprint density at radius 2 is 1.26 bits per heavy atom. The molecule has 0 radical (unpaired) electrons. The van der Waals surface area contributed by atoms with E-state index in [0.29, 0.717) is 0 Å². The van der Waals surface area contributed by atoms with Gasteiger partial charge in [-0.2, -0.15) is 0 Å². The molecule has 6 aromatic rings. The van der Waals surface area contributed by atoms with Crippen molar-refractivity contribution in [3.8, 4) is 0 Å². The topological polar surface area (TPSA) is 27.1 Å². The Hall–Kier alpha value is -3.77. The van der Waals surface area contributed by atoms with Gasteiger partial charge in [0.15, 0.2) is 8.32 Å². The normalized spacial score (nSPS) is 13.9. The van der Waals surface area contributed by atoms with E-state index >= 15 is 0 Å².